The summed E-state index contributed by atoms with van der Waals surface area (Å²) in [6.45, 7) is 0.313. The maximum Gasteiger partial charge on any atom is 0.210 e. The molecule has 0 N–H and O–H groups in total. The lowest BCUT2D eigenvalue weighted by Gasteiger charge is -2.08. The van der Waals surface area contributed by atoms with Crippen LogP contribution in [0.2, 0.25) is 0 Å². The molecule has 4 aromatic rings. The molecule has 4 nitrogen and oxygen atoms in total. The van der Waals surface area contributed by atoms with E-state index in [4.69, 9.17) is 4.74 Å². The third kappa shape index (κ3) is 4.81. The van der Waals surface area contributed by atoms with Crippen LogP contribution in [0.4, 0.5) is 4.39 Å². The maximum atomic E-state index is 13.0. The summed E-state index contributed by atoms with van der Waals surface area (Å²) in [5.74, 6) is 0.336. The van der Waals surface area contributed by atoms with Crippen LogP contribution in [0, 0.1) is 5.82 Å². The zero-order valence-electron chi connectivity index (χ0n) is 15.4. The van der Waals surface area contributed by atoms with E-state index >= 15 is 0 Å². The Bertz CT molecular complexity index is 1200. The number of nitrogens with zero attached hydrogens (tertiary/aromatic N) is 1. The number of aryl methyl sites for hydroxylation is 1. The van der Waals surface area contributed by atoms with E-state index in [2.05, 4.69) is 4.98 Å². The van der Waals surface area contributed by atoms with Crippen LogP contribution in [0.3, 0.4) is 0 Å². The summed E-state index contributed by atoms with van der Waals surface area (Å²) in [6.07, 6.45) is 0.367. The van der Waals surface area contributed by atoms with Crippen molar-refractivity contribution in [1.29, 1.82) is 0 Å². The fraction of sp³-hybridized carbons (Fsp3) is 0.136. The van der Waals surface area contributed by atoms with Crippen molar-refractivity contribution < 1.29 is 17.5 Å². The molecule has 0 fully saturated rings. The van der Waals surface area contributed by atoms with E-state index in [1.54, 1.807) is 12.1 Å². The largest absolute Gasteiger partial charge is 0.489 e. The van der Waals surface area contributed by atoms with Gasteiger partial charge in [-0.05, 0) is 53.9 Å². The van der Waals surface area contributed by atoms with Crippen LogP contribution in [0.1, 0.15) is 11.1 Å². The molecular formula is C22H18FNO3S2. The predicted molar refractivity (Wildman–Crippen MR) is 113 cm³/mol. The first-order chi connectivity index (χ1) is 14.0. The summed E-state index contributed by atoms with van der Waals surface area (Å²) >= 11 is 1.20. The molecule has 0 bridgehead atoms. The lowest BCUT2D eigenvalue weighted by atomic mass is 10.1. The Labute approximate surface area is 172 Å². The fourth-order valence-corrected chi connectivity index (χ4v) is 5.50. The van der Waals surface area contributed by atoms with Crippen molar-refractivity contribution in [2.24, 2.45) is 0 Å². The van der Waals surface area contributed by atoms with Crippen molar-refractivity contribution in [2.75, 3.05) is 5.75 Å². The van der Waals surface area contributed by atoms with Crippen LogP contribution in [0.5, 0.6) is 5.75 Å². The van der Waals surface area contributed by atoms with Gasteiger partial charge in [-0.1, -0.05) is 36.4 Å². The number of hydrogen-bond donors (Lipinski definition) is 0. The van der Waals surface area contributed by atoms with Crippen molar-refractivity contribution in [1.82, 2.24) is 4.98 Å². The van der Waals surface area contributed by atoms with E-state index in [9.17, 15) is 12.8 Å². The summed E-state index contributed by atoms with van der Waals surface area (Å²) in [6, 6.07) is 20.9. The van der Waals surface area contributed by atoms with Crippen molar-refractivity contribution in [3.05, 3.63) is 89.7 Å². The minimum atomic E-state index is -3.46. The van der Waals surface area contributed by atoms with Crippen LogP contribution in [0.15, 0.2) is 77.1 Å². The van der Waals surface area contributed by atoms with Gasteiger partial charge >= 0.3 is 0 Å². The Morgan fingerprint density at radius 1 is 0.931 bits per heavy atom. The van der Waals surface area contributed by atoms with Crippen molar-refractivity contribution in [2.45, 2.75) is 17.4 Å². The minimum absolute atomic E-state index is 0.0196. The lowest BCUT2D eigenvalue weighted by Crippen LogP contribution is -2.09. The van der Waals surface area contributed by atoms with E-state index in [1.165, 1.54) is 23.5 Å². The van der Waals surface area contributed by atoms with E-state index in [-0.39, 0.29) is 15.9 Å². The molecule has 7 heteroatoms. The minimum Gasteiger partial charge on any atom is -0.489 e. The van der Waals surface area contributed by atoms with Gasteiger partial charge in [0.2, 0.25) is 14.2 Å². The van der Waals surface area contributed by atoms with Gasteiger partial charge in [0.25, 0.3) is 0 Å². The fourth-order valence-electron chi connectivity index (χ4n) is 2.86. The van der Waals surface area contributed by atoms with Crippen LogP contribution < -0.4 is 4.74 Å². The molecule has 0 amide bonds. The number of para-hydroxylation sites is 1. The number of fused-ring (bicyclic) bond motifs is 1. The van der Waals surface area contributed by atoms with Gasteiger partial charge in [-0.3, -0.25) is 0 Å². The van der Waals surface area contributed by atoms with Crippen LogP contribution >= 0.6 is 11.3 Å². The molecule has 0 aliphatic rings. The topological polar surface area (TPSA) is 56.3 Å². The van der Waals surface area contributed by atoms with Gasteiger partial charge in [0, 0.05) is 0 Å². The highest BCUT2D eigenvalue weighted by atomic mass is 32.2. The molecule has 0 saturated heterocycles. The smallest absolute Gasteiger partial charge is 0.210 e. The molecule has 4 rings (SSSR count). The second kappa shape index (κ2) is 8.31. The zero-order chi connectivity index (χ0) is 20.3. The van der Waals surface area contributed by atoms with Crippen molar-refractivity contribution >= 4 is 31.4 Å². The van der Waals surface area contributed by atoms with Gasteiger partial charge < -0.3 is 4.74 Å². The highest BCUT2D eigenvalue weighted by Gasteiger charge is 2.19. The number of benzene rings is 3. The molecule has 29 heavy (non-hydrogen) atoms. The first kappa shape index (κ1) is 19.5. The maximum absolute atomic E-state index is 13.0. The van der Waals surface area contributed by atoms with Gasteiger partial charge in [-0.25, -0.2) is 17.8 Å². The molecule has 0 atom stereocenters. The average Bonchev–Trinajstić information content (AvgIpc) is 3.18. The van der Waals surface area contributed by atoms with E-state index in [1.807, 2.05) is 48.5 Å². The van der Waals surface area contributed by atoms with E-state index in [0.29, 0.717) is 24.3 Å². The highest BCUT2D eigenvalue weighted by Crippen LogP contribution is 2.26. The van der Waals surface area contributed by atoms with Crippen molar-refractivity contribution in [3.8, 4) is 5.75 Å². The molecule has 0 radical (unpaired) electrons. The van der Waals surface area contributed by atoms with Gasteiger partial charge in [0.1, 0.15) is 18.2 Å². The number of halogens is 1. The van der Waals surface area contributed by atoms with Crippen LogP contribution in [0.25, 0.3) is 10.2 Å². The Hall–Kier alpha value is -2.77. The molecule has 1 heterocycles. The number of rotatable bonds is 7. The third-order valence-corrected chi connectivity index (χ3v) is 7.62. The summed E-state index contributed by atoms with van der Waals surface area (Å²) < 4.78 is 45.1. The van der Waals surface area contributed by atoms with Gasteiger partial charge in [-0.15, -0.1) is 11.3 Å². The second-order valence-corrected chi connectivity index (χ2v) is 9.89. The van der Waals surface area contributed by atoms with Gasteiger partial charge in [-0.2, -0.15) is 0 Å². The average molecular weight is 428 g/mol. The molecule has 0 spiro atoms. The zero-order valence-corrected chi connectivity index (χ0v) is 17.0. The first-order valence-corrected chi connectivity index (χ1v) is 11.5. The predicted octanol–water partition coefficient (Wildman–Crippen LogP) is 5.03. The number of ether oxygens (including phenoxy) is 1. The van der Waals surface area contributed by atoms with E-state index < -0.39 is 9.84 Å². The molecule has 0 unspecified atom stereocenters. The third-order valence-electron chi connectivity index (χ3n) is 4.42. The molecule has 1 aromatic heterocycles. The number of aromatic nitrogens is 1. The second-order valence-electron chi connectivity index (χ2n) is 6.58. The number of sulfone groups is 1. The standard InChI is InChI=1S/C22H18FNO3S2/c23-18-10-8-17(9-11-18)15-27-19-5-3-4-16(14-19)12-13-29(25,26)22-24-20-6-1-2-7-21(20)28-22/h1-11,14H,12-13,15H2. The Balaban J connectivity index is 1.41. The molecular weight excluding hydrogens is 409 g/mol. The van der Waals surface area contributed by atoms with Gasteiger partial charge in [0.05, 0.1) is 16.0 Å². The van der Waals surface area contributed by atoms with Gasteiger partial charge in [0.15, 0.2) is 0 Å². The van der Waals surface area contributed by atoms with Crippen LogP contribution in [-0.4, -0.2) is 19.2 Å². The number of hydrogen-bond acceptors (Lipinski definition) is 5. The summed E-state index contributed by atoms with van der Waals surface area (Å²) in [4.78, 5) is 4.26. The Morgan fingerprint density at radius 3 is 2.52 bits per heavy atom. The molecule has 3 aromatic carbocycles. The number of thiazole rings is 1. The lowest BCUT2D eigenvalue weighted by molar-refractivity contribution is 0.306. The van der Waals surface area contributed by atoms with Crippen LogP contribution in [-0.2, 0) is 22.9 Å². The molecule has 148 valence electrons. The molecule has 0 aliphatic heterocycles. The van der Waals surface area contributed by atoms with Crippen molar-refractivity contribution in [3.63, 3.8) is 0 Å². The Kier molecular flexibility index (Phi) is 5.60. The molecule has 0 saturated carbocycles. The normalized spacial score (nSPS) is 11.6. The quantitative estimate of drug-likeness (QED) is 0.415. The summed E-state index contributed by atoms with van der Waals surface area (Å²) in [5, 5.41) is 0. The first-order valence-electron chi connectivity index (χ1n) is 9.04. The van der Waals surface area contributed by atoms with E-state index in [0.717, 1.165) is 15.8 Å². The Morgan fingerprint density at radius 2 is 1.72 bits per heavy atom. The summed E-state index contributed by atoms with van der Waals surface area (Å²) in [7, 11) is -3.46. The summed E-state index contributed by atoms with van der Waals surface area (Å²) in [5.41, 5.74) is 2.42. The SMILES string of the molecule is O=S(=O)(CCc1cccc(OCc2ccc(F)cc2)c1)c1nc2ccccc2s1. The monoisotopic (exact) mass is 427 g/mol. The highest BCUT2D eigenvalue weighted by molar-refractivity contribution is 7.93. The molecule has 0 aliphatic carbocycles.